The van der Waals surface area contributed by atoms with Gasteiger partial charge >= 0.3 is 0 Å². The minimum absolute atomic E-state index is 0.0118. The minimum atomic E-state index is -0.561. The summed E-state index contributed by atoms with van der Waals surface area (Å²) in [5, 5.41) is 17.0. The first kappa shape index (κ1) is 28.5. The summed E-state index contributed by atoms with van der Waals surface area (Å²) in [5.74, 6) is 1.07. The van der Waals surface area contributed by atoms with Gasteiger partial charge in [0.15, 0.2) is 0 Å². The van der Waals surface area contributed by atoms with Gasteiger partial charge < -0.3 is 5.32 Å². The molecule has 0 aliphatic rings. The highest BCUT2D eigenvalue weighted by atomic mass is 32.2. The highest BCUT2D eigenvalue weighted by Gasteiger charge is 2.35. The Bertz CT molecular complexity index is 1080. The van der Waals surface area contributed by atoms with Gasteiger partial charge in [-0.15, -0.1) is 0 Å². The molecule has 194 valence electrons. The Labute approximate surface area is 226 Å². The zero-order valence-corrected chi connectivity index (χ0v) is 23.0. The molecule has 0 aliphatic carbocycles. The Hall–Kier alpha value is -3.07. The molecule has 3 aromatic carbocycles. The molecular weight excluding hydrogens is 474 g/mol. The SMILES string of the molecule is CSCC[C@H](NC(c1ccccc1)c1ccccc1)C(=O)NCCC[C@](C#N)(c1ccccc1)C(C)C. The van der Waals surface area contributed by atoms with Crippen molar-refractivity contribution in [3.8, 4) is 6.07 Å². The second-order valence-electron chi connectivity index (χ2n) is 9.75. The number of carbonyl (C=O) groups excluding carboxylic acids is 1. The Morgan fingerprint density at radius 1 is 0.919 bits per heavy atom. The van der Waals surface area contributed by atoms with Crippen molar-refractivity contribution in [3.63, 3.8) is 0 Å². The van der Waals surface area contributed by atoms with Gasteiger partial charge in [0.25, 0.3) is 0 Å². The quantitative estimate of drug-likeness (QED) is 0.242. The van der Waals surface area contributed by atoms with E-state index in [0.717, 1.165) is 35.3 Å². The van der Waals surface area contributed by atoms with Crippen LogP contribution in [0.25, 0.3) is 0 Å². The maximum Gasteiger partial charge on any atom is 0.237 e. The maximum atomic E-state index is 13.4. The van der Waals surface area contributed by atoms with Gasteiger partial charge in [0.2, 0.25) is 5.91 Å². The van der Waals surface area contributed by atoms with Crippen LogP contribution in [0.15, 0.2) is 91.0 Å². The number of carbonyl (C=O) groups is 1. The molecule has 37 heavy (non-hydrogen) atoms. The zero-order valence-electron chi connectivity index (χ0n) is 22.2. The predicted octanol–water partition coefficient (Wildman–Crippen LogP) is 6.50. The molecular formula is C32H39N3OS. The van der Waals surface area contributed by atoms with Crippen LogP contribution >= 0.6 is 11.8 Å². The highest BCUT2D eigenvalue weighted by molar-refractivity contribution is 7.98. The molecule has 4 nitrogen and oxygen atoms in total. The molecule has 0 heterocycles. The average molecular weight is 514 g/mol. The number of hydrogen-bond donors (Lipinski definition) is 2. The van der Waals surface area contributed by atoms with Crippen molar-refractivity contribution in [3.05, 3.63) is 108 Å². The van der Waals surface area contributed by atoms with Gasteiger partial charge in [-0.1, -0.05) is 105 Å². The maximum absolute atomic E-state index is 13.4. The molecule has 2 atom stereocenters. The number of nitrogens with zero attached hydrogens (tertiary/aromatic N) is 1. The lowest BCUT2D eigenvalue weighted by atomic mass is 9.70. The molecule has 0 spiro atoms. The van der Waals surface area contributed by atoms with Crippen LogP contribution in [0.4, 0.5) is 0 Å². The van der Waals surface area contributed by atoms with E-state index in [4.69, 9.17) is 0 Å². The Kier molecular flexibility index (Phi) is 11.3. The largest absolute Gasteiger partial charge is 0.355 e. The summed E-state index contributed by atoms with van der Waals surface area (Å²) in [7, 11) is 0. The van der Waals surface area contributed by atoms with E-state index in [1.807, 2.05) is 66.7 Å². The van der Waals surface area contributed by atoms with Crippen LogP contribution in [0.1, 0.15) is 55.8 Å². The number of rotatable bonds is 14. The number of nitriles is 1. The minimum Gasteiger partial charge on any atom is -0.355 e. The summed E-state index contributed by atoms with van der Waals surface area (Å²) < 4.78 is 0. The molecule has 0 saturated carbocycles. The van der Waals surface area contributed by atoms with E-state index in [1.165, 1.54) is 0 Å². The summed E-state index contributed by atoms with van der Waals surface area (Å²) in [5.41, 5.74) is 2.75. The van der Waals surface area contributed by atoms with Crippen LogP contribution in [-0.4, -0.2) is 30.5 Å². The molecule has 0 aromatic heterocycles. The first-order valence-corrected chi connectivity index (χ1v) is 14.5. The van der Waals surface area contributed by atoms with Gasteiger partial charge in [-0.05, 0) is 53.9 Å². The van der Waals surface area contributed by atoms with E-state index in [9.17, 15) is 10.1 Å². The second-order valence-corrected chi connectivity index (χ2v) is 10.7. The summed E-state index contributed by atoms with van der Waals surface area (Å²) in [6.07, 6.45) is 4.24. The molecule has 0 radical (unpaired) electrons. The Balaban J connectivity index is 1.69. The number of hydrogen-bond acceptors (Lipinski definition) is 4. The van der Waals surface area contributed by atoms with E-state index in [0.29, 0.717) is 13.0 Å². The fraction of sp³-hybridized carbons (Fsp3) is 0.375. The number of thioether (sulfide) groups is 1. The monoisotopic (exact) mass is 513 g/mol. The Morgan fingerprint density at radius 2 is 1.46 bits per heavy atom. The third-order valence-corrected chi connectivity index (χ3v) is 7.73. The molecule has 0 unspecified atom stereocenters. The first-order valence-electron chi connectivity index (χ1n) is 13.1. The Morgan fingerprint density at radius 3 is 1.95 bits per heavy atom. The summed E-state index contributed by atoms with van der Waals surface area (Å²) in [4.78, 5) is 13.4. The van der Waals surface area contributed by atoms with Gasteiger partial charge in [0, 0.05) is 6.54 Å². The van der Waals surface area contributed by atoms with Crippen LogP contribution in [-0.2, 0) is 10.2 Å². The molecule has 0 bridgehead atoms. The van der Waals surface area contributed by atoms with Crippen molar-refractivity contribution in [2.45, 2.75) is 50.6 Å². The molecule has 0 aliphatic heterocycles. The third-order valence-electron chi connectivity index (χ3n) is 7.08. The lowest BCUT2D eigenvalue weighted by Gasteiger charge is -2.31. The highest BCUT2D eigenvalue weighted by Crippen LogP contribution is 2.36. The van der Waals surface area contributed by atoms with E-state index in [2.05, 4.69) is 61.1 Å². The predicted molar refractivity (Wildman–Crippen MR) is 155 cm³/mol. The normalized spacial score (nSPS) is 13.6. The van der Waals surface area contributed by atoms with Gasteiger partial charge in [-0.25, -0.2) is 0 Å². The lowest BCUT2D eigenvalue weighted by Crippen LogP contribution is -2.46. The van der Waals surface area contributed by atoms with Crippen molar-refractivity contribution in [1.82, 2.24) is 10.6 Å². The van der Waals surface area contributed by atoms with Crippen molar-refractivity contribution in [2.75, 3.05) is 18.6 Å². The van der Waals surface area contributed by atoms with Crippen molar-refractivity contribution in [2.24, 2.45) is 5.92 Å². The molecule has 5 heteroatoms. The summed E-state index contributed by atoms with van der Waals surface area (Å²) in [6, 6.07) is 32.8. The topological polar surface area (TPSA) is 64.9 Å². The van der Waals surface area contributed by atoms with Crippen molar-refractivity contribution >= 4 is 17.7 Å². The van der Waals surface area contributed by atoms with Crippen molar-refractivity contribution < 1.29 is 4.79 Å². The lowest BCUT2D eigenvalue weighted by molar-refractivity contribution is -0.123. The molecule has 0 saturated heterocycles. The molecule has 3 aromatic rings. The van der Waals surface area contributed by atoms with E-state index in [-0.39, 0.29) is 23.9 Å². The molecule has 2 N–H and O–H groups in total. The number of benzene rings is 3. The fourth-order valence-electron chi connectivity index (χ4n) is 4.86. The van der Waals surface area contributed by atoms with E-state index in [1.54, 1.807) is 11.8 Å². The van der Waals surface area contributed by atoms with Crippen LogP contribution in [0.3, 0.4) is 0 Å². The number of nitrogens with one attached hydrogen (secondary N) is 2. The molecule has 0 fully saturated rings. The zero-order chi connectivity index (χ0) is 26.5. The first-order chi connectivity index (χ1) is 18.0. The van der Waals surface area contributed by atoms with Crippen molar-refractivity contribution in [1.29, 1.82) is 5.26 Å². The smallest absolute Gasteiger partial charge is 0.237 e. The van der Waals surface area contributed by atoms with Gasteiger partial charge in [-0.3, -0.25) is 10.1 Å². The van der Waals surface area contributed by atoms with Gasteiger partial charge in [0.1, 0.15) is 0 Å². The van der Waals surface area contributed by atoms with Gasteiger partial charge in [0.05, 0.1) is 23.6 Å². The van der Waals surface area contributed by atoms with E-state index < -0.39 is 5.41 Å². The summed E-state index contributed by atoms with van der Waals surface area (Å²) in [6.45, 7) is 4.75. The van der Waals surface area contributed by atoms with Crippen LogP contribution in [0.5, 0.6) is 0 Å². The molecule has 1 amide bonds. The second kappa shape index (κ2) is 14.6. The van der Waals surface area contributed by atoms with E-state index >= 15 is 0 Å². The molecule has 3 rings (SSSR count). The average Bonchev–Trinajstić information content (AvgIpc) is 2.94. The van der Waals surface area contributed by atoms with Gasteiger partial charge in [-0.2, -0.15) is 17.0 Å². The number of amides is 1. The fourth-order valence-corrected chi connectivity index (χ4v) is 5.33. The van der Waals surface area contributed by atoms with Crippen LogP contribution in [0, 0.1) is 17.2 Å². The standard InChI is InChI=1S/C32H39N3OS/c1-25(2)32(24-33,28-18-11-6-12-19-28)21-13-22-34-31(36)29(20-23-37-3)35-30(26-14-7-4-8-15-26)27-16-9-5-10-17-27/h4-12,14-19,25,29-30,35H,13,20-23H2,1-3H3,(H,34,36)/t29-,32+/m0/s1. The summed E-state index contributed by atoms with van der Waals surface area (Å²) >= 11 is 1.75. The third kappa shape index (κ3) is 7.71. The van der Waals surface area contributed by atoms with Crippen LogP contribution < -0.4 is 10.6 Å². The van der Waals surface area contributed by atoms with Crippen LogP contribution in [0.2, 0.25) is 0 Å².